The van der Waals surface area contributed by atoms with E-state index in [0.717, 1.165) is 58.4 Å². The zero-order valence-electron chi connectivity index (χ0n) is 26.2. The average Bonchev–Trinajstić information content (AvgIpc) is 3.46. The number of fused-ring (bicyclic) bond motifs is 1. The highest BCUT2D eigenvalue weighted by molar-refractivity contribution is 6.00. The van der Waals surface area contributed by atoms with E-state index in [4.69, 9.17) is 5.10 Å². The maximum absolute atomic E-state index is 13.3. The molecule has 0 unspecified atom stereocenters. The summed E-state index contributed by atoms with van der Waals surface area (Å²) in [4.78, 5) is 37.1. The molecule has 1 saturated heterocycles. The van der Waals surface area contributed by atoms with Crippen molar-refractivity contribution >= 4 is 34.3 Å². The quantitative estimate of drug-likeness (QED) is 0.215. The number of benzene rings is 2. The zero-order valence-corrected chi connectivity index (χ0v) is 26.2. The Morgan fingerprint density at radius 1 is 0.933 bits per heavy atom. The summed E-state index contributed by atoms with van der Waals surface area (Å²) >= 11 is 0. The minimum Gasteiger partial charge on any atom is -0.337 e. The van der Waals surface area contributed by atoms with Crippen LogP contribution >= 0.6 is 0 Å². The minimum absolute atomic E-state index is 0.0367. The number of hydrogen-bond acceptors (Lipinski definition) is 5. The van der Waals surface area contributed by atoms with Gasteiger partial charge in [-0.3, -0.25) is 15.1 Å². The molecule has 1 aliphatic heterocycles. The summed E-state index contributed by atoms with van der Waals surface area (Å²) in [5, 5.41) is 11.9. The molecule has 0 spiro atoms. The number of nitrogens with one attached hydrogen (secondary N) is 2. The topological polar surface area (TPSA) is 105 Å². The molecule has 2 aromatic carbocycles. The van der Waals surface area contributed by atoms with Crippen molar-refractivity contribution in [3.63, 3.8) is 0 Å². The molecule has 9 nitrogen and oxygen atoms in total. The van der Waals surface area contributed by atoms with Gasteiger partial charge in [-0.05, 0) is 74.1 Å². The van der Waals surface area contributed by atoms with E-state index in [1.807, 2.05) is 72.5 Å². The van der Waals surface area contributed by atoms with E-state index in [0.29, 0.717) is 30.5 Å². The lowest BCUT2D eigenvalue weighted by Gasteiger charge is -2.32. The molecule has 3 amide bonds. The molecule has 5 aromatic rings. The number of anilines is 2. The van der Waals surface area contributed by atoms with Gasteiger partial charge in [0.1, 0.15) is 11.5 Å². The molecule has 45 heavy (non-hydrogen) atoms. The van der Waals surface area contributed by atoms with Gasteiger partial charge in [0.25, 0.3) is 5.91 Å². The predicted molar refractivity (Wildman–Crippen MR) is 178 cm³/mol. The molecule has 0 bridgehead atoms. The number of urea groups is 1. The molecule has 230 valence electrons. The number of aromatic nitrogens is 4. The number of carbonyl (C=O) groups is 2. The number of amides is 3. The molecule has 0 saturated carbocycles. The fourth-order valence-corrected chi connectivity index (χ4v) is 5.71. The fraction of sp³-hybridized carbons (Fsp3) is 0.306. The Kier molecular flexibility index (Phi) is 8.34. The molecule has 2 N–H and O–H groups in total. The van der Waals surface area contributed by atoms with Crippen LogP contribution in [0.1, 0.15) is 60.9 Å². The van der Waals surface area contributed by atoms with Crippen molar-refractivity contribution in [1.82, 2.24) is 24.6 Å². The number of hydrogen-bond donors (Lipinski definition) is 2. The lowest BCUT2D eigenvalue weighted by atomic mass is 9.89. The third kappa shape index (κ3) is 6.87. The number of nitrogens with zero attached hydrogens (tertiary/aromatic N) is 5. The smallest absolute Gasteiger partial charge is 0.324 e. The largest absolute Gasteiger partial charge is 0.337 e. The van der Waals surface area contributed by atoms with Crippen molar-refractivity contribution in [1.29, 1.82) is 0 Å². The minimum atomic E-state index is -0.324. The Hall–Kier alpha value is -5.05. The monoisotopic (exact) mass is 601 g/mol. The van der Waals surface area contributed by atoms with Crippen LogP contribution in [-0.4, -0.2) is 49.7 Å². The maximum atomic E-state index is 13.3. The Morgan fingerprint density at radius 3 is 2.44 bits per heavy atom. The van der Waals surface area contributed by atoms with Crippen LogP contribution in [0.2, 0.25) is 0 Å². The van der Waals surface area contributed by atoms with Crippen LogP contribution in [0.3, 0.4) is 0 Å². The SMILES string of the molecule is Cc1ccc(-n2nc(C(C)(C)C)cc2NC(=O)Nc2ccccc2CC2CCN(C(=O)c3ccc4cnccc4n3)CC2)cc1. The first-order valence-electron chi connectivity index (χ1n) is 15.5. The molecule has 9 heteroatoms. The van der Waals surface area contributed by atoms with E-state index in [-0.39, 0.29) is 17.4 Å². The second-order valence-electron chi connectivity index (χ2n) is 12.9. The summed E-state index contributed by atoms with van der Waals surface area (Å²) in [6, 6.07) is 23.1. The average molecular weight is 602 g/mol. The third-order valence-electron chi connectivity index (χ3n) is 8.38. The lowest BCUT2D eigenvalue weighted by molar-refractivity contribution is 0.0685. The van der Waals surface area contributed by atoms with Crippen LogP contribution < -0.4 is 10.6 Å². The summed E-state index contributed by atoms with van der Waals surface area (Å²) < 4.78 is 1.78. The first kappa shape index (κ1) is 30.0. The van der Waals surface area contributed by atoms with Crippen LogP contribution in [-0.2, 0) is 11.8 Å². The van der Waals surface area contributed by atoms with Crippen molar-refractivity contribution in [2.24, 2.45) is 5.92 Å². The van der Waals surface area contributed by atoms with Gasteiger partial charge in [0.2, 0.25) is 0 Å². The maximum Gasteiger partial charge on any atom is 0.324 e. The van der Waals surface area contributed by atoms with Gasteiger partial charge in [0, 0.05) is 48.0 Å². The van der Waals surface area contributed by atoms with E-state index < -0.39 is 0 Å². The van der Waals surface area contributed by atoms with E-state index in [2.05, 4.69) is 47.4 Å². The van der Waals surface area contributed by atoms with Crippen LogP contribution in [0, 0.1) is 12.8 Å². The normalized spacial score (nSPS) is 14.0. The fourth-order valence-electron chi connectivity index (χ4n) is 5.71. The first-order valence-corrected chi connectivity index (χ1v) is 15.5. The molecule has 1 fully saturated rings. The number of rotatable bonds is 6. The second-order valence-corrected chi connectivity index (χ2v) is 12.9. The van der Waals surface area contributed by atoms with Crippen molar-refractivity contribution in [3.8, 4) is 5.69 Å². The van der Waals surface area contributed by atoms with E-state index in [9.17, 15) is 9.59 Å². The molecular weight excluding hydrogens is 562 g/mol. The summed E-state index contributed by atoms with van der Waals surface area (Å²) in [7, 11) is 0. The standard InChI is InChI=1S/C36H39N7O2/c1-24-9-12-28(13-10-24)43-33(22-32(41-43)36(2,3)4)40-35(45)39-29-8-6-5-7-26(29)21-25-16-19-42(20-17-25)34(44)31-14-11-27-23-37-18-15-30(27)38-31/h5-15,18,22-23,25H,16-17,19-21H2,1-4H3,(H2,39,40,45). The highest BCUT2D eigenvalue weighted by Gasteiger charge is 2.26. The summed E-state index contributed by atoms with van der Waals surface area (Å²) in [6.07, 6.45) is 6.02. The summed E-state index contributed by atoms with van der Waals surface area (Å²) in [5.74, 6) is 0.965. The van der Waals surface area contributed by atoms with Crippen molar-refractivity contribution in [3.05, 3.63) is 108 Å². The number of aryl methyl sites for hydroxylation is 1. The third-order valence-corrected chi connectivity index (χ3v) is 8.38. The van der Waals surface area contributed by atoms with Gasteiger partial charge in [-0.15, -0.1) is 0 Å². The predicted octanol–water partition coefficient (Wildman–Crippen LogP) is 7.16. The Balaban J connectivity index is 1.10. The molecule has 4 heterocycles. The second kappa shape index (κ2) is 12.5. The molecule has 1 aliphatic rings. The van der Waals surface area contributed by atoms with Crippen LogP contribution in [0.15, 0.2) is 85.2 Å². The van der Waals surface area contributed by atoms with Crippen molar-refractivity contribution in [2.75, 3.05) is 23.7 Å². The van der Waals surface area contributed by atoms with Crippen molar-refractivity contribution in [2.45, 2.75) is 52.4 Å². The zero-order chi connectivity index (χ0) is 31.6. The van der Waals surface area contributed by atoms with Gasteiger partial charge < -0.3 is 10.2 Å². The number of likely N-dealkylation sites (tertiary alicyclic amines) is 1. The molecule has 0 atom stereocenters. The summed E-state index contributed by atoms with van der Waals surface area (Å²) in [5.41, 5.74) is 5.83. The van der Waals surface area contributed by atoms with Gasteiger partial charge in [0.15, 0.2) is 0 Å². The number of pyridine rings is 2. The van der Waals surface area contributed by atoms with E-state index >= 15 is 0 Å². The van der Waals surface area contributed by atoms with Gasteiger partial charge in [-0.25, -0.2) is 14.5 Å². The van der Waals surface area contributed by atoms with Crippen molar-refractivity contribution < 1.29 is 9.59 Å². The van der Waals surface area contributed by atoms with Crippen LogP contribution in [0.25, 0.3) is 16.6 Å². The lowest BCUT2D eigenvalue weighted by Crippen LogP contribution is -2.39. The molecule has 3 aromatic heterocycles. The van der Waals surface area contributed by atoms with E-state index in [1.165, 1.54) is 0 Å². The highest BCUT2D eigenvalue weighted by Crippen LogP contribution is 2.29. The molecule has 0 aliphatic carbocycles. The molecular formula is C36H39N7O2. The number of para-hydroxylation sites is 1. The Morgan fingerprint density at radius 2 is 1.69 bits per heavy atom. The number of piperidine rings is 1. The Labute approximate surface area is 263 Å². The van der Waals surface area contributed by atoms with Gasteiger partial charge >= 0.3 is 6.03 Å². The van der Waals surface area contributed by atoms with Crippen LogP contribution in [0.4, 0.5) is 16.3 Å². The summed E-state index contributed by atoms with van der Waals surface area (Å²) in [6.45, 7) is 9.71. The molecule has 0 radical (unpaired) electrons. The molecule has 6 rings (SSSR count). The Bertz CT molecular complexity index is 1830. The highest BCUT2D eigenvalue weighted by atomic mass is 16.2. The number of carbonyl (C=O) groups excluding carboxylic acids is 2. The van der Waals surface area contributed by atoms with Gasteiger partial charge in [0.05, 0.1) is 16.9 Å². The van der Waals surface area contributed by atoms with E-state index in [1.54, 1.807) is 23.1 Å². The first-order chi connectivity index (χ1) is 21.6. The van der Waals surface area contributed by atoms with Crippen LogP contribution in [0.5, 0.6) is 0 Å². The van der Waals surface area contributed by atoms with Gasteiger partial charge in [-0.1, -0.05) is 56.7 Å². The van der Waals surface area contributed by atoms with Gasteiger partial charge in [-0.2, -0.15) is 5.10 Å².